The van der Waals surface area contributed by atoms with E-state index in [0.717, 1.165) is 5.56 Å². The van der Waals surface area contributed by atoms with Gasteiger partial charge in [-0.15, -0.1) is 0 Å². The molecule has 9 heteroatoms. The molecular weight excluding hydrogens is 489 g/mol. The van der Waals surface area contributed by atoms with Gasteiger partial charge in [-0.2, -0.15) is 5.10 Å². The van der Waals surface area contributed by atoms with Crippen molar-refractivity contribution in [1.82, 2.24) is 10.7 Å². The van der Waals surface area contributed by atoms with Crippen LogP contribution in [0.4, 0.5) is 0 Å². The minimum absolute atomic E-state index is 0.170. The minimum atomic E-state index is -0.764. The third kappa shape index (κ3) is 7.87. The molecule has 2 aromatic carbocycles. The molecule has 0 aliphatic rings. The summed E-state index contributed by atoms with van der Waals surface area (Å²) in [6.45, 7) is 5.63. The lowest BCUT2D eigenvalue weighted by molar-refractivity contribution is -0.130. The van der Waals surface area contributed by atoms with Crippen molar-refractivity contribution in [1.29, 1.82) is 0 Å². The summed E-state index contributed by atoms with van der Waals surface area (Å²) in [7, 11) is 0. The molecule has 3 aromatic rings. The van der Waals surface area contributed by atoms with Gasteiger partial charge in [-0.1, -0.05) is 55.2 Å². The van der Waals surface area contributed by atoms with Crippen LogP contribution in [-0.2, 0) is 9.59 Å². The average Bonchev–Trinajstić information content (AvgIpc) is 3.26. The molecule has 0 saturated heterocycles. The summed E-state index contributed by atoms with van der Waals surface area (Å²) in [5, 5.41) is 7.68. The quantitative estimate of drug-likeness (QED) is 0.270. The molecule has 0 saturated carbocycles. The third-order valence-corrected chi connectivity index (χ3v) is 5.55. The molecule has 0 spiro atoms. The molecular formula is C26H27Cl2N3O4. The molecule has 0 aliphatic carbocycles. The van der Waals surface area contributed by atoms with E-state index < -0.39 is 17.9 Å². The van der Waals surface area contributed by atoms with Gasteiger partial charge in [0.1, 0.15) is 23.3 Å². The lowest BCUT2D eigenvalue weighted by Gasteiger charge is -2.19. The number of hydrogen-bond acceptors (Lipinski definition) is 5. The van der Waals surface area contributed by atoms with Crippen LogP contribution in [-0.4, -0.2) is 30.7 Å². The molecule has 0 fully saturated rings. The monoisotopic (exact) mass is 515 g/mol. The Bertz CT molecular complexity index is 1210. The summed E-state index contributed by atoms with van der Waals surface area (Å²) in [4.78, 5) is 25.1. The van der Waals surface area contributed by atoms with Crippen molar-refractivity contribution in [3.63, 3.8) is 0 Å². The van der Waals surface area contributed by atoms with E-state index in [2.05, 4.69) is 15.8 Å². The van der Waals surface area contributed by atoms with Gasteiger partial charge >= 0.3 is 0 Å². The van der Waals surface area contributed by atoms with Crippen molar-refractivity contribution in [2.75, 3.05) is 6.61 Å². The average molecular weight is 516 g/mol. The van der Waals surface area contributed by atoms with Crippen LogP contribution >= 0.6 is 23.2 Å². The Kier molecular flexibility index (Phi) is 9.34. The van der Waals surface area contributed by atoms with Crippen molar-refractivity contribution >= 4 is 41.2 Å². The largest absolute Gasteiger partial charge is 0.484 e. The summed E-state index contributed by atoms with van der Waals surface area (Å²) >= 11 is 12.2. The first kappa shape index (κ1) is 26.3. The number of para-hydroxylation sites is 1. The van der Waals surface area contributed by atoms with Gasteiger partial charge in [0, 0.05) is 10.6 Å². The van der Waals surface area contributed by atoms with Crippen LogP contribution in [0.5, 0.6) is 5.75 Å². The van der Waals surface area contributed by atoms with Crippen LogP contribution < -0.4 is 15.5 Å². The fraction of sp³-hybridized carbons (Fsp3) is 0.269. The number of furan rings is 1. The van der Waals surface area contributed by atoms with Gasteiger partial charge in [0.2, 0.25) is 0 Å². The van der Waals surface area contributed by atoms with E-state index >= 15 is 0 Å². The second kappa shape index (κ2) is 12.4. The first-order valence-electron chi connectivity index (χ1n) is 11.1. The molecule has 35 heavy (non-hydrogen) atoms. The topological polar surface area (TPSA) is 92.9 Å². The molecule has 2 amide bonds. The second-order valence-electron chi connectivity index (χ2n) is 8.36. The molecule has 1 heterocycles. The van der Waals surface area contributed by atoms with E-state index in [1.807, 2.05) is 39.0 Å². The lowest BCUT2D eigenvalue weighted by atomic mass is 10.0. The molecule has 2 N–H and O–H groups in total. The standard InChI is InChI=1S/C26H27Cl2N3O4/c1-16(2)12-22(30-25(32)15-34-23-7-5-4-6-17(23)3)26(33)31-29-14-19-9-11-24(35-19)20-10-8-18(27)13-21(20)28/h4-11,13-14,16,22H,12,15H2,1-3H3,(H,30,32)(H,31,33)/b29-14-/t22-/m0/s1. The zero-order valence-corrected chi connectivity index (χ0v) is 21.2. The predicted octanol–water partition coefficient (Wildman–Crippen LogP) is 5.62. The van der Waals surface area contributed by atoms with Gasteiger partial charge in [-0.05, 0) is 61.2 Å². The number of amides is 2. The number of rotatable bonds is 10. The summed E-state index contributed by atoms with van der Waals surface area (Å²) in [6, 6.07) is 15.2. The Balaban J connectivity index is 1.57. The Labute approximate surface area is 214 Å². The molecule has 0 bridgehead atoms. The van der Waals surface area contributed by atoms with Crippen molar-refractivity contribution in [2.45, 2.75) is 33.2 Å². The third-order valence-electron chi connectivity index (χ3n) is 5.00. The number of ether oxygens (including phenoxy) is 1. The summed E-state index contributed by atoms with van der Waals surface area (Å²) < 4.78 is 11.3. The second-order valence-corrected chi connectivity index (χ2v) is 9.21. The number of benzene rings is 2. The molecule has 1 atom stereocenters. The van der Waals surface area contributed by atoms with E-state index in [-0.39, 0.29) is 12.5 Å². The molecule has 7 nitrogen and oxygen atoms in total. The van der Waals surface area contributed by atoms with Gasteiger partial charge in [0.05, 0.1) is 11.2 Å². The van der Waals surface area contributed by atoms with Crippen molar-refractivity contribution in [3.05, 3.63) is 76.0 Å². The van der Waals surface area contributed by atoms with Crippen molar-refractivity contribution in [3.8, 4) is 17.1 Å². The number of hydrazone groups is 1. The minimum Gasteiger partial charge on any atom is -0.484 e. The maximum Gasteiger partial charge on any atom is 0.262 e. The Hall–Kier alpha value is -3.29. The van der Waals surface area contributed by atoms with E-state index in [1.54, 1.807) is 36.4 Å². The fourth-order valence-corrected chi connectivity index (χ4v) is 3.80. The van der Waals surface area contributed by atoms with E-state index in [9.17, 15) is 9.59 Å². The molecule has 0 radical (unpaired) electrons. The number of aryl methyl sites for hydroxylation is 1. The summed E-state index contributed by atoms with van der Waals surface area (Å²) in [6.07, 6.45) is 1.82. The highest BCUT2D eigenvalue weighted by Gasteiger charge is 2.22. The Morgan fingerprint density at radius 3 is 2.60 bits per heavy atom. The molecule has 0 aliphatic heterocycles. The van der Waals surface area contributed by atoms with E-state index in [4.69, 9.17) is 32.4 Å². The maximum atomic E-state index is 12.7. The highest BCUT2D eigenvalue weighted by Crippen LogP contribution is 2.31. The molecule has 0 unspecified atom stereocenters. The predicted molar refractivity (Wildman–Crippen MR) is 138 cm³/mol. The smallest absolute Gasteiger partial charge is 0.262 e. The zero-order valence-electron chi connectivity index (χ0n) is 19.7. The van der Waals surface area contributed by atoms with Gasteiger partial charge < -0.3 is 14.5 Å². The Morgan fingerprint density at radius 1 is 1.11 bits per heavy atom. The van der Waals surface area contributed by atoms with Crippen LogP contribution in [0.3, 0.4) is 0 Å². The normalized spacial score (nSPS) is 12.1. The van der Waals surface area contributed by atoms with E-state index in [0.29, 0.717) is 39.3 Å². The highest BCUT2D eigenvalue weighted by molar-refractivity contribution is 6.36. The zero-order chi connectivity index (χ0) is 25.4. The summed E-state index contributed by atoms with van der Waals surface area (Å²) in [5.41, 5.74) is 4.07. The number of halogens is 2. The van der Waals surface area contributed by atoms with Crippen molar-refractivity contribution < 1.29 is 18.7 Å². The number of nitrogens with zero attached hydrogens (tertiary/aromatic N) is 1. The van der Waals surface area contributed by atoms with Crippen LogP contribution in [0, 0.1) is 12.8 Å². The number of carbonyl (C=O) groups is 2. The molecule has 184 valence electrons. The fourth-order valence-electron chi connectivity index (χ4n) is 3.29. The lowest BCUT2D eigenvalue weighted by Crippen LogP contribution is -2.47. The number of carbonyl (C=O) groups excluding carboxylic acids is 2. The van der Waals surface area contributed by atoms with Gasteiger partial charge in [0.15, 0.2) is 6.61 Å². The Morgan fingerprint density at radius 2 is 1.89 bits per heavy atom. The van der Waals surface area contributed by atoms with Crippen LogP contribution in [0.15, 0.2) is 64.1 Å². The summed E-state index contributed by atoms with van der Waals surface area (Å²) in [5.74, 6) is 0.916. The van der Waals surface area contributed by atoms with Gasteiger partial charge in [-0.3, -0.25) is 9.59 Å². The first-order chi connectivity index (χ1) is 16.7. The van der Waals surface area contributed by atoms with Crippen LogP contribution in [0.25, 0.3) is 11.3 Å². The molecule has 3 rings (SSSR count). The molecule has 1 aromatic heterocycles. The number of nitrogens with one attached hydrogen (secondary N) is 2. The highest BCUT2D eigenvalue weighted by atomic mass is 35.5. The van der Waals surface area contributed by atoms with E-state index in [1.165, 1.54) is 6.21 Å². The first-order valence-corrected chi connectivity index (χ1v) is 11.8. The van der Waals surface area contributed by atoms with Crippen LogP contribution in [0.2, 0.25) is 10.0 Å². The van der Waals surface area contributed by atoms with Crippen LogP contribution in [0.1, 0.15) is 31.6 Å². The maximum absolute atomic E-state index is 12.7. The van der Waals surface area contributed by atoms with Gasteiger partial charge in [0.25, 0.3) is 11.8 Å². The number of hydrogen-bond donors (Lipinski definition) is 2. The SMILES string of the molecule is Cc1ccccc1OCC(=O)N[C@@H](CC(C)C)C(=O)N/N=C\c1ccc(-c2ccc(Cl)cc2Cl)o1. The van der Waals surface area contributed by atoms with Gasteiger partial charge in [-0.25, -0.2) is 5.43 Å². The van der Waals surface area contributed by atoms with Crippen molar-refractivity contribution in [2.24, 2.45) is 11.0 Å².